The molecule has 2 atom stereocenters. The van der Waals surface area contributed by atoms with Gasteiger partial charge in [0.15, 0.2) is 5.43 Å². The maximum atomic E-state index is 15.1. The van der Waals surface area contributed by atoms with E-state index in [1.165, 1.54) is 6.07 Å². The van der Waals surface area contributed by atoms with Gasteiger partial charge in [-0.25, -0.2) is 4.39 Å². The number of hydrogen-bond donors (Lipinski definition) is 0. The van der Waals surface area contributed by atoms with Gasteiger partial charge in [-0.1, -0.05) is 0 Å². The highest BCUT2D eigenvalue weighted by Gasteiger charge is 2.43. The number of aryl methyl sites for hydroxylation is 1. The van der Waals surface area contributed by atoms with Gasteiger partial charge in [-0.05, 0) is 45.2 Å². The number of halogens is 1. The highest BCUT2D eigenvalue weighted by atomic mass is 19.1. The maximum absolute atomic E-state index is 15.1. The molecule has 5 rings (SSSR count). The van der Waals surface area contributed by atoms with Gasteiger partial charge < -0.3 is 9.47 Å². The standard InChI is InChI=1S/C20H24FN3O/c1-13-11-23(14-3-4-14)17-10-18(16(21)9-15(17)19(13)25)24-8-7-22-6-5-20(24,2)12-22/h9-11,14H,3-8,12H2,1-2H3. The highest BCUT2D eigenvalue weighted by molar-refractivity contribution is 5.84. The average Bonchev–Trinajstić information content (AvgIpc) is 3.37. The minimum absolute atomic E-state index is 0.0117. The smallest absolute Gasteiger partial charge is 0.192 e. The van der Waals surface area contributed by atoms with E-state index < -0.39 is 0 Å². The molecule has 3 heterocycles. The Hall–Kier alpha value is -1.88. The zero-order valence-electron chi connectivity index (χ0n) is 14.9. The number of nitrogens with zero attached hydrogens (tertiary/aromatic N) is 3. The van der Waals surface area contributed by atoms with Crippen molar-refractivity contribution in [2.75, 3.05) is 31.1 Å². The predicted octanol–water partition coefficient (Wildman–Crippen LogP) is 3.07. The summed E-state index contributed by atoms with van der Waals surface area (Å²) in [5.41, 5.74) is 2.19. The third-order valence-electron chi connectivity index (χ3n) is 6.33. The molecule has 1 aromatic heterocycles. The molecule has 1 saturated carbocycles. The SMILES string of the molecule is Cc1cn(C2CC2)c2cc(N3CCN4CCC3(C)C4)c(F)cc2c1=O. The van der Waals surface area contributed by atoms with E-state index in [2.05, 4.69) is 21.3 Å². The van der Waals surface area contributed by atoms with Crippen molar-refractivity contribution in [2.45, 2.75) is 44.7 Å². The number of benzene rings is 1. The largest absolute Gasteiger partial charge is 0.361 e. The third-order valence-corrected chi connectivity index (χ3v) is 6.33. The van der Waals surface area contributed by atoms with Crippen molar-refractivity contribution in [3.8, 4) is 0 Å². The molecule has 3 aliphatic rings. The van der Waals surface area contributed by atoms with Crippen molar-refractivity contribution >= 4 is 16.6 Å². The van der Waals surface area contributed by atoms with E-state index in [0.717, 1.165) is 51.0 Å². The maximum Gasteiger partial charge on any atom is 0.192 e. The van der Waals surface area contributed by atoms with E-state index in [0.29, 0.717) is 22.7 Å². The lowest BCUT2D eigenvalue weighted by atomic mass is 9.96. The number of rotatable bonds is 2. The van der Waals surface area contributed by atoms with E-state index in [1.807, 2.05) is 19.2 Å². The van der Waals surface area contributed by atoms with E-state index in [-0.39, 0.29) is 16.8 Å². The van der Waals surface area contributed by atoms with E-state index >= 15 is 4.39 Å². The monoisotopic (exact) mass is 341 g/mol. The Labute approximate surface area is 146 Å². The fourth-order valence-corrected chi connectivity index (χ4v) is 4.73. The van der Waals surface area contributed by atoms with Crippen LogP contribution in [0.3, 0.4) is 0 Å². The van der Waals surface area contributed by atoms with Crippen LogP contribution in [-0.4, -0.2) is 41.2 Å². The van der Waals surface area contributed by atoms with Crippen LogP contribution in [0.1, 0.15) is 37.8 Å². The zero-order chi connectivity index (χ0) is 17.3. The zero-order valence-corrected chi connectivity index (χ0v) is 14.9. The topological polar surface area (TPSA) is 28.5 Å². The molecule has 0 radical (unpaired) electrons. The van der Waals surface area contributed by atoms with Gasteiger partial charge >= 0.3 is 0 Å². The lowest BCUT2D eigenvalue weighted by Crippen LogP contribution is -2.55. The summed E-state index contributed by atoms with van der Waals surface area (Å²) < 4.78 is 17.3. The predicted molar refractivity (Wildman–Crippen MR) is 98.0 cm³/mol. The summed E-state index contributed by atoms with van der Waals surface area (Å²) in [6, 6.07) is 3.87. The molecule has 5 heteroatoms. The molecule has 2 saturated heterocycles. The fourth-order valence-electron chi connectivity index (χ4n) is 4.73. The van der Waals surface area contributed by atoms with Gasteiger partial charge in [0.1, 0.15) is 5.82 Å². The van der Waals surface area contributed by atoms with Crippen molar-refractivity contribution in [2.24, 2.45) is 0 Å². The van der Waals surface area contributed by atoms with Crippen LogP contribution in [-0.2, 0) is 0 Å². The Morgan fingerprint density at radius 2 is 2.00 bits per heavy atom. The fraction of sp³-hybridized carbons (Fsp3) is 0.550. The Morgan fingerprint density at radius 1 is 1.20 bits per heavy atom. The second-order valence-electron chi connectivity index (χ2n) is 8.28. The van der Waals surface area contributed by atoms with Gasteiger partial charge in [0.05, 0.1) is 16.7 Å². The molecule has 2 unspecified atom stereocenters. The Bertz CT molecular complexity index is 933. The summed E-state index contributed by atoms with van der Waals surface area (Å²) in [7, 11) is 0. The normalized spacial score (nSPS) is 28.8. The minimum Gasteiger partial charge on any atom is -0.361 e. The summed E-state index contributed by atoms with van der Waals surface area (Å²) in [6.45, 7) is 7.97. The summed E-state index contributed by atoms with van der Waals surface area (Å²) in [5.74, 6) is -0.265. The lowest BCUT2D eigenvalue weighted by Gasteiger charge is -2.44. The molecule has 0 amide bonds. The number of fused-ring (bicyclic) bond motifs is 3. The first-order chi connectivity index (χ1) is 12.0. The highest BCUT2D eigenvalue weighted by Crippen LogP contribution is 2.40. The second-order valence-corrected chi connectivity index (χ2v) is 8.28. The Morgan fingerprint density at radius 3 is 2.76 bits per heavy atom. The van der Waals surface area contributed by atoms with Gasteiger partial charge in [-0.2, -0.15) is 0 Å². The van der Waals surface area contributed by atoms with Gasteiger partial charge in [0.25, 0.3) is 0 Å². The van der Waals surface area contributed by atoms with Crippen LogP contribution < -0.4 is 10.3 Å². The third kappa shape index (κ3) is 2.25. The summed E-state index contributed by atoms with van der Waals surface area (Å²) in [5, 5.41) is 0.517. The Balaban J connectivity index is 1.72. The average molecular weight is 341 g/mol. The van der Waals surface area contributed by atoms with Crippen LogP contribution in [0.5, 0.6) is 0 Å². The van der Waals surface area contributed by atoms with Gasteiger partial charge in [0, 0.05) is 49.4 Å². The molecule has 132 valence electrons. The number of piperazine rings is 1. The first-order valence-corrected chi connectivity index (χ1v) is 9.31. The summed E-state index contributed by atoms with van der Waals surface area (Å²) in [4.78, 5) is 17.3. The van der Waals surface area contributed by atoms with Crippen molar-refractivity contribution in [3.63, 3.8) is 0 Å². The molecule has 2 aliphatic heterocycles. The van der Waals surface area contributed by atoms with Gasteiger partial charge in [-0.15, -0.1) is 0 Å². The van der Waals surface area contributed by atoms with Crippen LogP contribution in [0.2, 0.25) is 0 Å². The van der Waals surface area contributed by atoms with Crippen molar-refractivity contribution in [1.29, 1.82) is 0 Å². The van der Waals surface area contributed by atoms with E-state index in [1.54, 1.807) is 0 Å². The first kappa shape index (κ1) is 15.4. The van der Waals surface area contributed by atoms with Crippen LogP contribution >= 0.6 is 0 Å². The summed E-state index contributed by atoms with van der Waals surface area (Å²) in [6.07, 6.45) is 5.30. The molecule has 0 spiro atoms. The minimum atomic E-state index is -0.265. The number of anilines is 1. The van der Waals surface area contributed by atoms with Crippen LogP contribution in [0.25, 0.3) is 10.9 Å². The molecule has 1 aliphatic carbocycles. The van der Waals surface area contributed by atoms with Crippen molar-refractivity contribution in [3.05, 3.63) is 39.9 Å². The molecule has 25 heavy (non-hydrogen) atoms. The van der Waals surface area contributed by atoms with Crippen LogP contribution in [0.4, 0.5) is 10.1 Å². The second kappa shape index (κ2) is 5.07. The molecule has 4 nitrogen and oxygen atoms in total. The molecular weight excluding hydrogens is 317 g/mol. The number of hydrogen-bond acceptors (Lipinski definition) is 3. The quantitative estimate of drug-likeness (QED) is 0.840. The van der Waals surface area contributed by atoms with E-state index in [9.17, 15) is 4.79 Å². The molecule has 3 fully saturated rings. The molecule has 1 aromatic carbocycles. The van der Waals surface area contributed by atoms with E-state index in [4.69, 9.17) is 0 Å². The number of aromatic nitrogens is 1. The first-order valence-electron chi connectivity index (χ1n) is 9.31. The van der Waals surface area contributed by atoms with Gasteiger partial charge in [0.2, 0.25) is 0 Å². The van der Waals surface area contributed by atoms with Crippen molar-refractivity contribution < 1.29 is 4.39 Å². The Kier molecular flexibility index (Phi) is 3.12. The molecule has 2 bridgehead atoms. The lowest BCUT2D eigenvalue weighted by molar-refractivity contribution is 0.270. The molecular formula is C20H24FN3O. The van der Waals surface area contributed by atoms with Crippen LogP contribution in [0, 0.1) is 12.7 Å². The number of pyridine rings is 1. The van der Waals surface area contributed by atoms with Gasteiger partial charge in [-0.3, -0.25) is 9.69 Å². The van der Waals surface area contributed by atoms with Crippen LogP contribution in [0.15, 0.2) is 23.1 Å². The summed E-state index contributed by atoms with van der Waals surface area (Å²) >= 11 is 0. The molecule has 0 N–H and O–H groups in total. The molecule has 2 aromatic rings. The van der Waals surface area contributed by atoms with Crippen molar-refractivity contribution in [1.82, 2.24) is 9.47 Å².